The van der Waals surface area contributed by atoms with Crippen LogP contribution >= 0.6 is 10.6 Å². The van der Waals surface area contributed by atoms with Gasteiger partial charge >= 0.3 is 0 Å². The van der Waals surface area contributed by atoms with Gasteiger partial charge in [0.25, 0.3) is 10.1 Å². The molecule has 0 bridgehead atoms. The van der Waals surface area contributed by atoms with Crippen LogP contribution in [0.1, 0.15) is 16.4 Å². The molecule has 1 heterocycles. The Bertz CT molecular complexity index is 1030. The summed E-state index contributed by atoms with van der Waals surface area (Å²) in [6, 6.07) is 12.2. The van der Waals surface area contributed by atoms with E-state index in [1.807, 2.05) is 0 Å². The highest BCUT2D eigenvalue weighted by Gasteiger charge is 2.44. The minimum absolute atomic E-state index is 0.0619. The van der Waals surface area contributed by atoms with E-state index in [0.717, 1.165) is 6.26 Å². The summed E-state index contributed by atoms with van der Waals surface area (Å²) in [5, 5.41) is -1.19. The molecule has 7 nitrogen and oxygen atoms in total. The molecule has 0 spiro atoms. The van der Waals surface area contributed by atoms with E-state index in [0.29, 0.717) is 5.56 Å². The van der Waals surface area contributed by atoms with Crippen molar-refractivity contribution in [2.24, 2.45) is 0 Å². The first-order chi connectivity index (χ1) is 12.0. The Morgan fingerprint density at radius 1 is 1.04 bits per heavy atom. The van der Waals surface area contributed by atoms with Crippen LogP contribution in [-0.4, -0.2) is 37.9 Å². The van der Waals surface area contributed by atoms with Crippen LogP contribution in [0.4, 0.5) is 0 Å². The van der Waals surface area contributed by atoms with Gasteiger partial charge < -0.3 is 0 Å². The number of hydrogen-bond donors (Lipinski definition) is 2. The fraction of sp³-hybridized carbons (Fsp3) is 0.250. The molecule has 1 aliphatic heterocycles. The van der Waals surface area contributed by atoms with E-state index in [2.05, 4.69) is 0 Å². The van der Waals surface area contributed by atoms with Crippen LogP contribution in [0.25, 0.3) is 0 Å². The normalized spacial score (nSPS) is 20.5. The first kappa shape index (κ1) is 19.3. The van der Waals surface area contributed by atoms with Crippen LogP contribution in [0.15, 0.2) is 58.3 Å². The van der Waals surface area contributed by atoms with Gasteiger partial charge in [0.15, 0.2) is 9.84 Å². The fourth-order valence-electron chi connectivity index (χ4n) is 2.94. The Kier molecular flexibility index (Phi) is 4.93. The van der Waals surface area contributed by atoms with Crippen LogP contribution in [-0.2, 0) is 30.7 Å². The molecule has 142 valence electrons. The molecule has 10 heteroatoms. The summed E-state index contributed by atoms with van der Waals surface area (Å²) in [6.45, 7) is -0.377. The molecule has 1 unspecified atom stereocenters. The number of hydrogen-bond acceptors (Lipinski definition) is 7. The van der Waals surface area contributed by atoms with E-state index >= 15 is 0 Å². The second-order valence-electron chi connectivity index (χ2n) is 5.98. The van der Waals surface area contributed by atoms with E-state index in [4.69, 9.17) is 4.18 Å². The fourth-order valence-corrected chi connectivity index (χ4v) is 7.79. The predicted octanol–water partition coefficient (Wildman–Crippen LogP) is 2.80. The average Bonchev–Trinajstić information content (AvgIpc) is 2.86. The molecule has 0 amide bonds. The zero-order chi connectivity index (χ0) is 19.2. The largest absolute Gasteiger partial charge is 0.295 e. The molecule has 2 aromatic carbocycles. The van der Waals surface area contributed by atoms with Gasteiger partial charge in [0.05, 0.1) is 28.4 Å². The van der Waals surface area contributed by atoms with Gasteiger partial charge in [-0.25, -0.2) is 8.42 Å². The van der Waals surface area contributed by atoms with Crippen molar-refractivity contribution in [2.45, 2.75) is 21.6 Å². The molecule has 2 N–H and O–H groups in total. The highest BCUT2D eigenvalue weighted by molar-refractivity contribution is 8.25. The van der Waals surface area contributed by atoms with Crippen molar-refractivity contribution < 1.29 is 30.1 Å². The second kappa shape index (κ2) is 6.63. The molecular weight excluding hydrogens is 400 g/mol. The molecule has 1 aliphatic rings. The third-order valence-corrected chi connectivity index (χ3v) is 8.79. The lowest BCUT2D eigenvalue weighted by Gasteiger charge is -2.27. The van der Waals surface area contributed by atoms with Gasteiger partial charge in [-0.3, -0.25) is 13.3 Å². The van der Waals surface area contributed by atoms with Crippen molar-refractivity contribution in [3.63, 3.8) is 0 Å². The topological polar surface area (TPSA) is 118 Å². The number of sulfone groups is 1. The van der Waals surface area contributed by atoms with E-state index in [-0.39, 0.29) is 27.7 Å². The van der Waals surface area contributed by atoms with Gasteiger partial charge in [-0.05, 0) is 23.8 Å². The highest BCUT2D eigenvalue weighted by atomic mass is 32.3. The summed E-state index contributed by atoms with van der Waals surface area (Å²) in [7, 11) is -11.0. The quantitative estimate of drug-likeness (QED) is 0.717. The lowest BCUT2D eigenvalue weighted by Crippen LogP contribution is -2.16. The Morgan fingerprint density at radius 3 is 2.31 bits per heavy atom. The third kappa shape index (κ3) is 3.66. The molecule has 0 fully saturated rings. The van der Waals surface area contributed by atoms with Gasteiger partial charge in [-0.2, -0.15) is 19.0 Å². The summed E-state index contributed by atoms with van der Waals surface area (Å²) in [5.74, 6) is -0.366. The van der Waals surface area contributed by atoms with Crippen molar-refractivity contribution >= 4 is 30.5 Å². The summed E-state index contributed by atoms with van der Waals surface area (Å²) >= 11 is 0. The highest BCUT2D eigenvalue weighted by Crippen LogP contribution is 2.62. The SMILES string of the molecule is CS(=O)(=O)OCc1cccc2c1C(S(=O)(=O)c1ccccc1)CS2(O)O. The van der Waals surface area contributed by atoms with E-state index in [1.54, 1.807) is 18.2 Å². The van der Waals surface area contributed by atoms with Crippen molar-refractivity contribution in [2.75, 3.05) is 12.0 Å². The molecule has 0 saturated heterocycles. The summed E-state index contributed by atoms with van der Waals surface area (Å²) < 4.78 is 74.3. The number of rotatable bonds is 5. The maximum atomic E-state index is 13.1. The Morgan fingerprint density at radius 2 is 1.69 bits per heavy atom. The molecule has 0 aromatic heterocycles. The van der Waals surface area contributed by atoms with Crippen molar-refractivity contribution in [1.29, 1.82) is 0 Å². The Balaban J connectivity index is 2.13. The summed E-state index contributed by atoms with van der Waals surface area (Å²) in [4.78, 5) is 0.184. The summed E-state index contributed by atoms with van der Waals surface area (Å²) in [5.41, 5.74) is 0.509. The third-order valence-electron chi connectivity index (χ3n) is 4.09. The molecule has 0 radical (unpaired) electrons. The van der Waals surface area contributed by atoms with Gasteiger partial charge in [0, 0.05) is 5.56 Å². The number of benzene rings is 2. The maximum Gasteiger partial charge on any atom is 0.264 e. The van der Waals surface area contributed by atoms with Gasteiger partial charge in [0.2, 0.25) is 0 Å². The summed E-state index contributed by atoms with van der Waals surface area (Å²) in [6.07, 6.45) is 0.891. The van der Waals surface area contributed by atoms with Crippen LogP contribution in [0, 0.1) is 0 Å². The second-order valence-corrected chi connectivity index (χ2v) is 11.9. The minimum Gasteiger partial charge on any atom is -0.295 e. The molecule has 3 rings (SSSR count). The minimum atomic E-state index is -3.90. The van der Waals surface area contributed by atoms with Gasteiger partial charge in [0.1, 0.15) is 5.25 Å². The van der Waals surface area contributed by atoms with E-state index in [1.165, 1.54) is 30.3 Å². The zero-order valence-corrected chi connectivity index (χ0v) is 16.2. The van der Waals surface area contributed by atoms with Gasteiger partial charge in [-0.15, -0.1) is 0 Å². The predicted molar refractivity (Wildman–Crippen MR) is 98.4 cm³/mol. The molecule has 1 atom stereocenters. The molecular formula is C16H18O7S3. The van der Waals surface area contributed by atoms with Crippen molar-refractivity contribution in [3.8, 4) is 0 Å². The molecule has 26 heavy (non-hydrogen) atoms. The first-order valence-corrected chi connectivity index (χ1v) is 12.6. The molecule has 0 aliphatic carbocycles. The van der Waals surface area contributed by atoms with Crippen LogP contribution in [0.2, 0.25) is 0 Å². The van der Waals surface area contributed by atoms with Crippen LogP contribution in [0.5, 0.6) is 0 Å². The van der Waals surface area contributed by atoms with Crippen molar-refractivity contribution in [1.82, 2.24) is 0 Å². The van der Waals surface area contributed by atoms with Crippen LogP contribution < -0.4 is 0 Å². The lowest BCUT2D eigenvalue weighted by atomic mass is 10.1. The van der Waals surface area contributed by atoms with E-state index < -0.39 is 35.8 Å². The Hall–Kier alpha value is -1.43. The van der Waals surface area contributed by atoms with Crippen LogP contribution in [0.3, 0.4) is 0 Å². The average molecular weight is 419 g/mol. The molecule has 0 saturated carbocycles. The van der Waals surface area contributed by atoms with E-state index in [9.17, 15) is 25.9 Å². The smallest absolute Gasteiger partial charge is 0.264 e. The maximum absolute atomic E-state index is 13.1. The van der Waals surface area contributed by atoms with Gasteiger partial charge in [-0.1, -0.05) is 30.3 Å². The number of fused-ring (bicyclic) bond motifs is 1. The standard InChI is InChI=1S/C16H18O7S3/c1-24(17,18)23-10-12-6-5-9-14-16(12)15(11-25(14,19)20)26(21,22)13-7-3-2-4-8-13/h2-9,15,19-20H,10-11H2,1H3. The Labute approximate surface area is 154 Å². The lowest BCUT2D eigenvalue weighted by molar-refractivity contribution is 0.310. The zero-order valence-electron chi connectivity index (χ0n) is 13.8. The molecule has 2 aromatic rings. The first-order valence-electron chi connectivity index (χ1n) is 7.53. The monoisotopic (exact) mass is 418 g/mol. The van der Waals surface area contributed by atoms with Crippen molar-refractivity contribution in [3.05, 3.63) is 59.7 Å².